The summed E-state index contributed by atoms with van der Waals surface area (Å²) in [6, 6.07) is 4.42. The van der Waals surface area contributed by atoms with E-state index >= 15 is 4.39 Å². The Morgan fingerprint density at radius 3 is 2.50 bits per heavy atom. The zero-order valence-electron chi connectivity index (χ0n) is 20.5. The lowest BCUT2D eigenvalue weighted by Crippen LogP contribution is -2.41. The van der Waals surface area contributed by atoms with Gasteiger partial charge in [-0.1, -0.05) is 6.58 Å². The van der Waals surface area contributed by atoms with Crippen LogP contribution in [0.15, 0.2) is 42.7 Å². The maximum atomic E-state index is 15.4. The summed E-state index contributed by atoms with van der Waals surface area (Å²) in [6.07, 6.45) is 2.37. The van der Waals surface area contributed by atoms with Crippen molar-refractivity contribution in [3.63, 3.8) is 0 Å². The first-order valence-electron chi connectivity index (χ1n) is 11.8. The molecule has 0 radical (unpaired) electrons. The molecule has 5 rings (SSSR count). The number of hydrogen-bond acceptors (Lipinski definition) is 7. The first kappa shape index (κ1) is 26.5. The van der Waals surface area contributed by atoms with E-state index in [1.54, 1.807) is 6.07 Å². The smallest absolute Gasteiger partial charge is 0.263 e. The van der Waals surface area contributed by atoms with Gasteiger partial charge < -0.3 is 15.4 Å². The molecule has 3 heterocycles. The van der Waals surface area contributed by atoms with Gasteiger partial charge >= 0.3 is 0 Å². The van der Waals surface area contributed by atoms with Crippen molar-refractivity contribution >= 4 is 22.8 Å². The third-order valence-electron chi connectivity index (χ3n) is 6.43. The van der Waals surface area contributed by atoms with Crippen molar-refractivity contribution in [2.24, 2.45) is 0 Å². The third-order valence-corrected chi connectivity index (χ3v) is 6.43. The second kappa shape index (κ2) is 10.3. The van der Waals surface area contributed by atoms with E-state index in [2.05, 4.69) is 21.6 Å². The van der Waals surface area contributed by atoms with Crippen molar-refractivity contribution < 1.29 is 31.5 Å². The Kier molecular flexibility index (Phi) is 6.80. The van der Waals surface area contributed by atoms with Gasteiger partial charge in [0, 0.05) is 30.8 Å². The molecular weight excluding hydrogens is 537 g/mol. The Balaban J connectivity index is 1.53. The minimum atomic E-state index is -1.78. The van der Waals surface area contributed by atoms with Crippen LogP contribution >= 0.6 is 0 Å². The average molecular weight is 555 g/mol. The molecule has 2 aromatic carbocycles. The van der Waals surface area contributed by atoms with E-state index in [4.69, 9.17) is 15.7 Å². The van der Waals surface area contributed by atoms with E-state index in [1.165, 1.54) is 22.0 Å². The molecule has 2 aromatic heterocycles. The Bertz CT molecular complexity index is 1710. The number of halogens is 5. The molecule has 1 aliphatic rings. The minimum absolute atomic E-state index is 0.00745. The molecule has 0 saturated carbocycles. The summed E-state index contributed by atoms with van der Waals surface area (Å²) in [4.78, 5) is 22.2. The number of likely N-dealkylation sites (tertiary alicyclic amines) is 1. The van der Waals surface area contributed by atoms with Crippen molar-refractivity contribution in [3.05, 3.63) is 71.8 Å². The standard InChI is InChI=1S/C26H18F5N7O2/c1-12(9-32)26(39)37-6-2-3-13(10-37)38-25-19(24(33)34-11-35-25)22(36-38)15-5-4-14(7-16(15)27)40-23-20(30)17(28)8-18(29)21(23)31/h4-5,7-8,11,13H,1-3,6,10H2,(H2,33,34,35). The highest BCUT2D eigenvalue weighted by molar-refractivity contribution is 5.98. The van der Waals surface area contributed by atoms with Gasteiger partial charge in [0.1, 0.15) is 41.0 Å². The lowest BCUT2D eigenvalue weighted by molar-refractivity contribution is -0.128. The summed E-state index contributed by atoms with van der Waals surface area (Å²) in [5, 5.41) is 13.8. The largest absolute Gasteiger partial charge is 0.451 e. The fourth-order valence-corrected chi connectivity index (χ4v) is 4.53. The topological polar surface area (TPSA) is 123 Å². The number of carbonyl (C=O) groups excluding carboxylic acids is 1. The molecule has 40 heavy (non-hydrogen) atoms. The molecular formula is C26H18F5N7O2. The van der Waals surface area contributed by atoms with Gasteiger partial charge in [0.2, 0.25) is 17.4 Å². The molecule has 0 aliphatic carbocycles. The molecule has 1 saturated heterocycles. The van der Waals surface area contributed by atoms with Crippen molar-refractivity contribution in [1.29, 1.82) is 5.26 Å². The molecule has 1 unspecified atom stereocenters. The molecule has 9 nitrogen and oxygen atoms in total. The number of fused-ring (bicyclic) bond motifs is 1. The second-order valence-corrected chi connectivity index (χ2v) is 8.93. The summed E-state index contributed by atoms with van der Waals surface area (Å²) >= 11 is 0. The fourth-order valence-electron chi connectivity index (χ4n) is 4.53. The monoisotopic (exact) mass is 555 g/mol. The van der Waals surface area contributed by atoms with E-state index in [1.807, 2.05) is 0 Å². The molecule has 1 atom stereocenters. The third kappa shape index (κ3) is 4.55. The van der Waals surface area contributed by atoms with E-state index in [0.29, 0.717) is 19.4 Å². The van der Waals surface area contributed by atoms with Gasteiger partial charge in [-0.2, -0.15) is 19.1 Å². The summed E-state index contributed by atoms with van der Waals surface area (Å²) in [5.41, 5.74) is 6.09. The predicted molar refractivity (Wildman–Crippen MR) is 131 cm³/mol. The zero-order chi connectivity index (χ0) is 28.7. The molecule has 0 bridgehead atoms. The van der Waals surface area contributed by atoms with Gasteiger partial charge in [0.25, 0.3) is 5.91 Å². The number of piperidine rings is 1. The summed E-state index contributed by atoms with van der Waals surface area (Å²) in [7, 11) is 0. The van der Waals surface area contributed by atoms with Gasteiger partial charge in [0.15, 0.2) is 17.3 Å². The van der Waals surface area contributed by atoms with Crippen LogP contribution in [-0.2, 0) is 4.79 Å². The first-order valence-corrected chi connectivity index (χ1v) is 11.8. The van der Waals surface area contributed by atoms with Crippen molar-refractivity contribution in [3.8, 4) is 28.8 Å². The molecule has 1 aliphatic heterocycles. The first-order chi connectivity index (χ1) is 19.1. The second-order valence-electron chi connectivity index (χ2n) is 8.93. The lowest BCUT2D eigenvalue weighted by atomic mass is 10.0. The van der Waals surface area contributed by atoms with Crippen LogP contribution in [0, 0.1) is 40.4 Å². The van der Waals surface area contributed by atoms with Crippen LogP contribution in [0.2, 0.25) is 0 Å². The minimum Gasteiger partial charge on any atom is -0.451 e. The SMILES string of the molecule is C=C(C#N)C(=O)N1CCCC(n2nc(-c3ccc(Oc4c(F)c(F)cc(F)c4F)cc3F)c3c(N)ncnc32)C1. The van der Waals surface area contributed by atoms with Crippen LogP contribution in [0.3, 0.4) is 0 Å². The summed E-state index contributed by atoms with van der Waals surface area (Å²) in [6.45, 7) is 4.06. The highest BCUT2D eigenvalue weighted by Crippen LogP contribution is 2.37. The van der Waals surface area contributed by atoms with Gasteiger partial charge in [-0.25, -0.2) is 27.8 Å². The highest BCUT2D eigenvalue weighted by Gasteiger charge is 2.30. The maximum absolute atomic E-state index is 15.4. The van der Waals surface area contributed by atoms with Crippen LogP contribution in [-0.4, -0.2) is 43.6 Å². The van der Waals surface area contributed by atoms with Gasteiger partial charge in [-0.3, -0.25) is 4.79 Å². The molecule has 0 spiro atoms. The number of aromatic nitrogens is 4. The fraction of sp³-hybridized carbons (Fsp3) is 0.192. The molecule has 14 heteroatoms. The van der Waals surface area contributed by atoms with E-state index in [9.17, 15) is 22.4 Å². The Morgan fingerprint density at radius 2 is 1.82 bits per heavy atom. The Morgan fingerprint density at radius 1 is 1.10 bits per heavy atom. The highest BCUT2D eigenvalue weighted by atomic mass is 19.2. The number of benzene rings is 2. The number of nitrogen functional groups attached to an aromatic ring is 1. The average Bonchev–Trinajstić information content (AvgIpc) is 3.34. The number of nitrogens with two attached hydrogens (primary N) is 1. The van der Waals surface area contributed by atoms with Crippen LogP contribution in [0.4, 0.5) is 27.8 Å². The normalized spacial score (nSPS) is 15.2. The molecule has 2 N–H and O–H groups in total. The lowest BCUT2D eigenvalue weighted by Gasteiger charge is -2.32. The van der Waals surface area contributed by atoms with Crippen LogP contribution in [0.5, 0.6) is 11.5 Å². The number of amides is 1. The van der Waals surface area contributed by atoms with E-state index in [-0.39, 0.29) is 46.3 Å². The molecule has 4 aromatic rings. The van der Waals surface area contributed by atoms with Gasteiger partial charge in [-0.05, 0) is 25.0 Å². The van der Waals surface area contributed by atoms with Crippen molar-refractivity contribution in [1.82, 2.24) is 24.6 Å². The molecule has 1 fully saturated rings. The molecule has 1 amide bonds. The number of hydrogen-bond donors (Lipinski definition) is 1. The Hall–Kier alpha value is -5.06. The number of carbonyl (C=O) groups is 1. The van der Waals surface area contributed by atoms with Gasteiger partial charge in [-0.15, -0.1) is 0 Å². The zero-order valence-corrected chi connectivity index (χ0v) is 20.5. The van der Waals surface area contributed by atoms with E-state index in [0.717, 1.165) is 12.1 Å². The van der Waals surface area contributed by atoms with Crippen molar-refractivity contribution in [2.75, 3.05) is 18.8 Å². The van der Waals surface area contributed by atoms with Crippen molar-refractivity contribution in [2.45, 2.75) is 18.9 Å². The van der Waals surface area contributed by atoms with E-state index < -0.39 is 52.5 Å². The number of rotatable bonds is 5. The number of anilines is 1. The number of nitrogens with zero attached hydrogens (tertiary/aromatic N) is 6. The number of nitriles is 1. The van der Waals surface area contributed by atoms with Crippen LogP contribution in [0.1, 0.15) is 18.9 Å². The van der Waals surface area contributed by atoms with Crippen LogP contribution < -0.4 is 10.5 Å². The van der Waals surface area contributed by atoms with Gasteiger partial charge in [0.05, 0.1) is 11.4 Å². The maximum Gasteiger partial charge on any atom is 0.263 e. The van der Waals surface area contributed by atoms with Crippen LogP contribution in [0.25, 0.3) is 22.3 Å². The summed E-state index contributed by atoms with van der Waals surface area (Å²) in [5.74, 6) is -10.2. The Labute approximate surface area is 222 Å². The summed E-state index contributed by atoms with van der Waals surface area (Å²) < 4.78 is 76.9. The molecule has 204 valence electrons. The quantitative estimate of drug-likeness (QED) is 0.162. The number of ether oxygens (including phenoxy) is 1. The predicted octanol–water partition coefficient (Wildman–Crippen LogP) is 4.81.